The number of aryl methyl sites for hydroxylation is 1. The molecule has 0 fully saturated rings. The predicted molar refractivity (Wildman–Crippen MR) is 69.7 cm³/mol. The monoisotopic (exact) mass is 229 g/mol. The Hall–Kier alpha value is -1.61. The van der Waals surface area contributed by atoms with Crippen LogP contribution in [0.1, 0.15) is 11.3 Å². The zero-order valence-corrected chi connectivity index (χ0v) is 10.5. The van der Waals surface area contributed by atoms with Crippen LogP contribution in [-0.4, -0.2) is 28.0 Å². The molecule has 1 aromatic heterocycles. The summed E-state index contributed by atoms with van der Waals surface area (Å²) in [6.45, 7) is 2.05. The molecule has 0 atom stereocenters. The number of benzene rings is 1. The molecule has 3 heteroatoms. The van der Waals surface area contributed by atoms with Crippen LogP contribution in [0.2, 0.25) is 0 Å². The van der Waals surface area contributed by atoms with Crippen LogP contribution in [0.3, 0.4) is 0 Å². The van der Waals surface area contributed by atoms with E-state index in [9.17, 15) is 0 Å². The van der Waals surface area contributed by atoms with Gasteiger partial charge in [0.05, 0.1) is 6.33 Å². The molecular formula is C14H19N3. The first-order valence-electron chi connectivity index (χ1n) is 5.93. The van der Waals surface area contributed by atoms with Crippen LogP contribution in [0.25, 0.3) is 0 Å². The predicted octanol–water partition coefficient (Wildman–Crippen LogP) is 2.09. The van der Waals surface area contributed by atoms with Gasteiger partial charge in [-0.1, -0.05) is 30.3 Å². The van der Waals surface area contributed by atoms with Gasteiger partial charge in [0.2, 0.25) is 0 Å². The third-order valence-corrected chi connectivity index (χ3v) is 2.96. The van der Waals surface area contributed by atoms with Crippen molar-refractivity contribution >= 4 is 0 Å². The van der Waals surface area contributed by atoms with Gasteiger partial charge in [0.15, 0.2) is 0 Å². The summed E-state index contributed by atoms with van der Waals surface area (Å²) in [5.74, 6) is 0. The fourth-order valence-corrected chi connectivity index (χ4v) is 1.91. The summed E-state index contributed by atoms with van der Waals surface area (Å²) < 4.78 is 2.08. The molecule has 17 heavy (non-hydrogen) atoms. The van der Waals surface area contributed by atoms with Gasteiger partial charge in [-0.3, -0.25) is 0 Å². The second-order valence-electron chi connectivity index (χ2n) is 4.47. The summed E-state index contributed by atoms with van der Waals surface area (Å²) in [5.41, 5.74) is 2.64. The lowest BCUT2D eigenvalue weighted by Crippen LogP contribution is -2.21. The average molecular weight is 229 g/mol. The summed E-state index contributed by atoms with van der Waals surface area (Å²) in [6, 6.07) is 10.6. The molecule has 1 heterocycles. The van der Waals surface area contributed by atoms with Crippen LogP contribution in [-0.2, 0) is 20.0 Å². The second kappa shape index (κ2) is 5.64. The van der Waals surface area contributed by atoms with Gasteiger partial charge in [0, 0.05) is 38.4 Å². The number of aromatic nitrogens is 2. The molecule has 2 rings (SSSR count). The van der Waals surface area contributed by atoms with Gasteiger partial charge in [0.1, 0.15) is 0 Å². The van der Waals surface area contributed by atoms with Crippen molar-refractivity contribution in [2.45, 2.75) is 13.0 Å². The Kier molecular flexibility index (Phi) is 3.94. The SMILES string of the molecule is CN(CCc1cncn1C)Cc1ccccc1. The van der Waals surface area contributed by atoms with Crippen molar-refractivity contribution < 1.29 is 0 Å². The highest BCUT2D eigenvalue weighted by molar-refractivity contribution is 5.14. The first-order chi connectivity index (χ1) is 8.25. The lowest BCUT2D eigenvalue weighted by Gasteiger charge is -2.16. The number of rotatable bonds is 5. The molecular weight excluding hydrogens is 210 g/mol. The van der Waals surface area contributed by atoms with Crippen molar-refractivity contribution in [3.63, 3.8) is 0 Å². The molecule has 2 aromatic rings. The fourth-order valence-electron chi connectivity index (χ4n) is 1.91. The van der Waals surface area contributed by atoms with Crippen molar-refractivity contribution in [1.29, 1.82) is 0 Å². The van der Waals surface area contributed by atoms with Gasteiger partial charge in [-0.15, -0.1) is 0 Å². The van der Waals surface area contributed by atoms with Crippen LogP contribution < -0.4 is 0 Å². The maximum absolute atomic E-state index is 4.13. The first-order valence-corrected chi connectivity index (χ1v) is 5.93. The molecule has 0 N–H and O–H groups in total. The Labute approximate surface area is 103 Å². The van der Waals surface area contributed by atoms with Gasteiger partial charge >= 0.3 is 0 Å². The van der Waals surface area contributed by atoms with E-state index < -0.39 is 0 Å². The quantitative estimate of drug-likeness (QED) is 0.783. The number of nitrogens with zero attached hydrogens (tertiary/aromatic N) is 3. The first kappa shape index (κ1) is 11.9. The highest BCUT2D eigenvalue weighted by atomic mass is 15.1. The van der Waals surface area contributed by atoms with Gasteiger partial charge < -0.3 is 9.47 Å². The van der Waals surface area contributed by atoms with E-state index in [1.165, 1.54) is 11.3 Å². The van der Waals surface area contributed by atoms with E-state index in [0.29, 0.717) is 0 Å². The minimum absolute atomic E-state index is 0.999. The lowest BCUT2D eigenvalue weighted by molar-refractivity contribution is 0.329. The molecule has 0 aliphatic heterocycles. The van der Waals surface area contributed by atoms with Gasteiger partial charge in [0.25, 0.3) is 0 Å². The fraction of sp³-hybridized carbons (Fsp3) is 0.357. The van der Waals surface area contributed by atoms with Crippen LogP contribution in [0.4, 0.5) is 0 Å². The Morgan fingerprint density at radius 1 is 1.24 bits per heavy atom. The Morgan fingerprint density at radius 2 is 2.00 bits per heavy atom. The maximum atomic E-state index is 4.13. The molecule has 0 saturated carbocycles. The van der Waals surface area contributed by atoms with E-state index in [1.807, 2.05) is 19.6 Å². The normalized spacial score (nSPS) is 11.0. The molecule has 0 spiro atoms. The van der Waals surface area contributed by atoms with E-state index in [0.717, 1.165) is 19.5 Å². The molecule has 1 aromatic carbocycles. The number of hydrogen-bond donors (Lipinski definition) is 0. The van der Waals surface area contributed by atoms with E-state index in [4.69, 9.17) is 0 Å². The molecule has 90 valence electrons. The van der Waals surface area contributed by atoms with Crippen LogP contribution in [0.15, 0.2) is 42.9 Å². The van der Waals surface area contributed by atoms with Crippen molar-refractivity contribution in [3.05, 3.63) is 54.1 Å². The third kappa shape index (κ3) is 3.43. The van der Waals surface area contributed by atoms with Crippen molar-refractivity contribution in [2.24, 2.45) is 7.05 Å². The Morgan fingerprint density at radius 3 is 2.65 bits per heavy atom. The smallest absolute Gasteiger partial charge is 0.0945 e. The third-order valence-electron chi connectivity index (χ3n) is 2.96. The molecule has 0 unspecified atom stereocenters. The van der Waals surface area contributed by atoms with Gasteiger partial charge in [-0.05, 0) is 12.6 Å². The van der Waals surface area contributed by atoms with Crippen LogP contribution >= 0.6 is 0 Å². The summed E-state index contributed by atoms with van der Waals surface area (Å²) >= 11 is 0. The van der Waals surface area contributed by atoms with E-state index in [2.05, 4.69) is 51.8 Å². The highest BCUT2D eigenvalue weighted by Gasteiger charge is 2.02. The largest absolute Gasteiger partial charge is 0.338 e. The zero-order chi connectivity index (χ0) is 12.1. The van der Waals surface area contributed by atoms with Gasteiger partial charge in [-0.25, -0.2) is 4.98 Å². The lowest BCUT2D eigenvalue weighted by atomic mass is 10.2. The minimum Gasteiger partial charge on any atom is -0.338 e. The summed E-state index contributed by atoms with van der Waals surface area (Å²) in [6.07, 6.45) is 4.84. The van der Waals surface area contributed by atoms with Crippen LogP contribution in [0, 0.1) is 0 Å². The standard InChI is InChI=1S/C14H19N3/c1-16(11-13-6-4-3-5-7-13)9-8-14-10-15-12-17(14)2/h3-7,10,12H,8-9,11H2,1-2H3. The van der Waals surface area contributed by atoms with Crippen molar-refractivity contribution in [1.82, 2.24) is 14.5 Å². The Balaban J connectivity index is 1.82. The van der Waals surface area contributed by atoms with E-state index >= 15 is 0 Å². The van der Waals surface area contributed by atoms with Crippen molar-refractivity contribution in [3.8, 4) is 0 Å². The Bertz CT molecular complexity index is 448. The molecule has 0 saturated heterocycles. The topological polar surface area (TPSA) is 21.1 Å². The number of imidazole rings is 1. The van der Waals surface area contributed by atoms with Crippen LogP contribution in [0.5, 0.6) is 0 Å². The molecule has 0 radical (unpaired) electrons. The van der Waals surface area contributed by atoms with Gasteiger partial charge in [-0.2, -0.15) is 0 Å². The van der Waals surface area contributed by atoms with E-state index in [-0.39, 0.29) is 0 Å². The summed E-state index contributed by atoms with van der Waals surface area (Å²) in [5, 5.41) is 0. The average Bonchev–Trinajstić information content (AvgIpc) is 2.74. The molecule has 3 nitrogen and oxygen atoms in total. The minimum atomic E-state index is 0.999. The molecule has 0 aliphatic carbocycles. The van der Waals surface area contributed by atoms with E-state index in [1.54, 1.807) is 0 Å². The number of likely N-dealkylation sites (N-methyl/N-ethyl adjacent to an activating group) is 1. The summed E-state index contributed by atoms with van der Waals surface area (Å²) in [7, 11) is 4.20. The number of hydrogen-bond acceptors (Lipinski definition) is 2. The maximum Gasteiger partial charge on any atom is 0.0945 e. The highest BCUT2D eigenvalue weighted by Crippen LogP contribution is 2.04. The second-order valence-corrected chi connectivity index (χ2v) is 4.47. The molecule has 0 bridgehead atoms. The molecule has 0 amide bonds. The van der Waals surface area contributed by atoms with Crippen molar-refractivity contribution in [2.75, 3.05) is 13.6 Å². The summed E-state index contributed by atoms with van der Waals surface area (Å²) in [4.78, 5) is 6.46. The zero-order valence-electron chi connectivity index (χ0n) is 10.5. The molecule has 0 aliphatic rings.